The topological polar surface area (TPSA) is 12.9 Å². The molecule has 126 valence electrons. The molecular formula is C23H29N. The van der Waals surface area contributed by atoms with E-state index in [1.165, 1.54) is 16.3 Å². The van der Waals surface area contributed by atoms with Gasteiger partial charge >= 0.3 is 0 Å². The van der Waals surface area contributed by atoms with E-state index in [4.69, 9.17) is 4.98 Å². The van der Waals surface area contributed by atoms with Crippen LogP contribution in [0.25, 0.3) is 21.8 Å². The highest BCUT2D eigenvalue weighted by molar-refractivity contribution is 5.98. The molecule has 0 fully saturated rings. The van der Waals surface area contributed by atoms with Crippen molar-refractivity contribution >= 4 is 21.8 Å². The molecule has 0 radical (unpaired) electrons. The predicted molar refractivity (Wildman–Crippen MR) is 106 cm³/mol. The van der Waals surface area contributed by atoms with Gasteiger partial charge in [0.2, 0.25) is 0 Å². The Kier molecular flexibility index (Phi) is 4.15. The predicted octanol–water partition coefficient (Wildman–Crippen LogP) is 6.95. The van der Waals surface area contributed by atoms with Crippen molar-refractivity contribution in [3.8, 4) is 0 Å². The summed E-state index contributed by atoms with van der Waals surface area (Å²) in [5.74, 6) is 0.482. The Balaban J connectivity index is 2.38. The normalized spacial score (nSPS) is 14.2. The fourth-order valence-electron chi connectivity index (χ4n) is 3.70. The van der Waals surface area contributed by atoms with Gasteiger partial charge in [0.25, 0.3) is 0 Å². The average molecular weight is 319 g/mol. The van der Waals surface area contributed by atoms with Crippen molar-refractivity contribution < 1.29 is 0 Å². The molecule has 1 heteroatoms. The van der Waals surface area contributed by atoms with E-state index in [0.29, 0.717) is 5.92 Å². The first-order valence-corrected chi connectivity index (χ1v) is 8.94. The van der Waals surface area contributed by atoms with Gasteiger partial charge in [-0.2, -0.15) is 0 Å². The first-order valence-electron chi connectivity index (χ1n) is 8.94. The van der Waals surface area contributed by atoms with E-state index in [0.717, 1.165) is 17.5 Å². The van der Waals surface area contributed by atoms with Crippen LogP contribution in [0.1, 0.15) is 59.4 Å². The summed E-state index contributed by atoms with van der Waals surface area (Å²) in [6, 6.07) is 17.2. The molecule has 24 heavy (non-hydrogen) atoms. The smallest absolute Gasteiger partial charge is 0.0712 e. The van der Waals surface area contributed by atoms with Crippen molar-refractivity contribution in [1.82, 2.24) is 4.98 Å². The minimum Gasteiger partial charge on any atom is -0.248 e. The maximum Gasteiger partial charge on any atom is 0.0712 e. The fourth-order valence-corrected chi connectivity index (χ4v) is 3.70. The zero-order valence-electron chi connectivity index (χ0n) is 15.9. The first-order chi connectivity index (χ1) is 11.2. The van der Waals surface area contributed by atoms with Crippen LogP contribution in [0.4, 0.5) is 0 Å². The van der Waals surface area contributed by atoms with Gasteiger partial charge in [0.15, 0.2) is 0 Å². The van der Waals surface area contributed by atoms with Crippen molar-refractivity contribution in [3.63, 3.8) is 0 Å². The quantitative estimate of drug-likeness (QED) is 0.465. The van der Waals surface area contributed by atoms with E-state index < -0.39 is 0 Å². The van der Waals surface area contributed by atoms with Gasteiger partial charge in [0.1, 0.15) is 0 Å². The van der Waals surface area contributed by atoms with Crippen molar-refractivity contribution in [2.24, 2.45) is 10.8 Å². The number of pyridine rings is 1. The van der Waals surface area contributed by atoms with Gasteiger partial charge in [-0.15, -0.1) is 0 Å². The molecule has 0 saturated heterocycles. The van der Waals surface area contributed by atoms with Gasteiger partial charge in [0, 0.05) is 10.8 Å². The lowest BCUT2D eigenvalue weighted by molar-refractivity contribution is 0.231. The summed E-state index contributed by atoms with van der Waals surface area (Å²) in [4.78, 5) is 4.90. The summed E-state index contributed by atoms with van der Waals surface area (Å²) in [5.41, 5.74) is 4.16. The Bertz CT molecular complexity index is 808. The summed E-state index contributed by atoms with van der Waals surface area (Å²) in [6.07, 6.45) is 1.16. The highest BCUT2D eigenvalue weighted by atomic mass is 14.7. The number of fused-ring (bicyclic) bond motifs is 2. The molecule has 0 spiro atoms. The number of hydrogen-bond donors (Lipinski definition) is 0. The Hall–Kier alpha value is -1.89. The fraction of sp³-hybridized carbons (Fsp3) is 0.435. The van der Waals surface area contributed by atoms with E-state index >= 15 is 0 Å². The number of hydrogen-bond acceptors (Lipinski definition) is 1. The Labute approximate surface area is 146 Å². The molecule has 1 unspecified atom stereocenters. The third kappa shape index (κ3) is 3.31. The second kappa shape index (κ2) is 5.88. The van der Waals surface area contributed by atoms with Gasteiger partial charge in [-0.05, 0) is 40.9 Å². The van der Waals surface area contributed by atoms with Crippen LogP contribution in [0.15, 0.2) is 48.5 Å². The van der Waals surface area contributed by atoms with Gasteiger partial charge in [-0.25, -0.2) is 4.98 Å². The van der Waals surface area contributed by atoms with Gasteiger partial charge < -0.3 is 0 Å². The molecule has 3 aromatic rings. The molecule has 1 heterocycles. The molecule has 3 rings (SSSR count). The lowest BCUT2D eigenvalue weighted by Crippen LogP contribution is -2.24. The summed E-state index contributed by atoms with van der Waals surface area (Å²) in [6.45, 7) is 14.1. The minimum absolute atomic E-state index is 0.195. The van der Waals surface area contributed by atoms with Crippen LogP contribution in [-0.2, 0) is 0 Å². The Morgan fingerprint density at radius 3 is 1.62 bits per heavy atom. The molecule has 1 aromatic heterocycles. The van der Waals surface area contributed by atoms with E-state index in [1.807, 2.05) is 0 Å². The zero-order valence-corrected chi connectivity index (χ0v) is 15.9. The molecule has 1 atom stereocenters. The second-order valence-electron chi connectivity index (χ2n) is 9.24. The lowest BCUT2D eigenvalue weighted by atomic mass is 9.68. The van der Waals surface area contributed by atoms with E-state index in [-0.39, 0.29) is 10.8 Å². The van der Waals surface area contributed by atoms with Crippen LogP contribution < -0.4 is 0 Å². The average Bonchev–Trinajstić information content (AvgIpc) is 2.48. The maximum absolute atomic E-state index is 4.90. The monoisotopic (exact) mass is 319 g/mol. The van der Waals surface area contributed by atoms with E-state index in [1.54, 1.807) is 0 Å². The van der Waals surface area contributed by atoms with Crippen LogP contribution in [0, 0.1) is 10.8 Å². The van der Waals surface area contributed by atoms with Crippen molar-refractivity contribution in [2.45, 2.75) is 53.9 Å². The van der Waals surface area contributed by atoms with E-state index in [9.17, 15) is 0 Å². The van der Waals surface area contributed by atoms with E-state index in [2.05, 4.69) is 90.1 Å². The number of benzene rings is 2. The highest BCUT2D eigenvalue weighted by Gasteiger charge is 2.32. The number of nitrogens with zero attached hydrogens (tertiary/aromatic N) is 1. The highest BCUT2D eigenvalue weighted by Crippen LogP contribution is 2.47. The first kappa shape index (κ1) is 17.0. The molecule has 1 nitrogen and oxygen atoms in total. The van der Waals surface area contributed by atoms with Crippen LogP contribution in [0.5, 0.6) is 0 Å². The zero-order chi connectivity index (χ0) is 17.5. The van der Waals surface area contributed by atoms with Crippen LogP contribution >= 0.6 is 0 Å². The van der Waals surface area contributed by atoms with Crippen molar-refractivity contribution in [3.05, 3.63) is 54.1 Å². The standard InChI is InChI=1S/C23H29N/c1-22(2,3)15-18(23(4,5)6)21-16-11-7-9-13-19(16)24-20-14-10-8-12-17(20)21/h7-14,18H,15H2,1-6H3. The second-order valence-corrected chi connectivity index (χ2v) is 9.24. The van der Waals surface area contributed by atoms with Gasteiger partial charge in [0.05, 0.1) is 11.0 Å². The van der Waals surface area contributed by atoms with Gasteiger partial charge in [-0.1, -0.05) is 77.9 Å². The molecule has 0 saturated carbocycles. The number of para-hydroxylation sites is 2. The SMILES string of the molecule is CC(C)(C)CC(c1c2ccccc2nc2ccccc12)C(C)(C)C. The lowest BCUT2D eigenvalue weighted by Gasteiger charge is -2.37. The molecule has 0 aliphatic heterocycles. The molecule has 0 aliphatic carbocycles. The summed E-state index contributed by atoms with van der Waals surface area (Å²) >= 11 is 0. The van der Waals surface area contributed by atoms with Crippen molar-refractivity contribution in [1.29, 1.82) is 0 Å². The number of aromatic nitrogens is 1. The van der Waals surface area contributed by atoms with Crippen LogP contribution in [-0.4, -0.2) is 4.98 Å². The summed E-state index contributed by atoms with van der Waals surface area (Å²) in [5, 5.41) is 2.61. The third-order valence-electron chi connectivity index (χ3n) is 4.84. The maximum atomic E-state index is 4.90. The molecule has 2 aromatic carbocycles. The molecule has 0 bridgehead atoms. The van der Waals surface area contributed by atoms with Crippen LogP contribution in [0.3, 0.4) is 0 Å². The van der Waals surface area contributed by atoms with Crippen molar-refractivity contribution in [2.75, 3.05) is 0 Å². The largest absolute Gasteiger partial charge is 0.248 e. The third-order valence-corrected chi connectivity index (χ3v) is 4.84. The Morgan fingerprint density at radius 2 is 1.21 bits per heavy atom. The van der Waals surface area contributed by atoms with Gasteiger partial charge in [-0.3, -0.25) is 0 Å². The van der Waals surface area contributed by atoms with Crippen LogP contribution in [0.2, 0.25) is 0 Å². The molecule has 0 amide bonds. The molecular weight excluding hydrogens is 290 g/mol. The molecule has 0 N–H and O–H groups in total. The number of rotatable bonds is 2. The summed E-state index contributed by atoms with van der Waals surface area (Å²) < 4.78 is 0. The molecule has 0 aliphatic rings. The Morgan fingerprint density at radius 1 is 0.750 bits per heavy atom. The summed E-state index contributed by atoms with van der Waals surface area (Å²) in [7, 11) is 0. The minimum atomic E-state index is 0.195.